The fourth-order valence-electron chi connectivity index (χ4n) is 1.84. The molecule has 0 amide bonds. The van der Waals surface area contributed by atoms with Gasteiger partial charge in [-0.25, -0.2) is 9.37 Å². The van der Waals surface area contributed by atoms with Crippen LogP contribution in [0.25, 0.3) is 0 Å². The molecular weight excluding hydrogens is 323 g/mol. The van der Waals surface area contributed by atoms with E-state index in [1.54, 1.807) is 18.3 Å². The SMILES string of the molecule is Fc1ccc(Oc2ncc(Br)cc2CNC2CC2)cc1. The zero-order valence-corrected chi connectivity index (χ0v) is 12.4. The van der Waals surface area contributed by atoms with Crippen LogP contribution in [0.1, 0.15) is 18.4 Å². The molecule has 1 N–H and O–H groups in total. The smallest absolute Gasteiger partial charge is 0.223 e. The van der Waals surface area contributed by atoms with E-state index in [4.69, 9.17) is 4.74 Å². The van der Waals surface area contributed by atoms with Crippen molar-refractivity contribution in [1.82, 2.24) is 10.3 Å². The van der Waals surface area contributed by atoms with Crippen LogP contribution in [0.5, 0.6) is 11.6 Å². The highest BCUT2D eigenvalue weighted by molar-refractivity contribution is 9.10. The van der Waals surface area contributed by atoms with Crippen molar-refractivity contribution in [3.63, 3.8) is 0 Å². The third-order valence-electron chi connectivity index (χ3n) is 3.08. The molecule has 3 nitrogen and oxygen atoms in total. The topological polar surface area (TPSA) is 34.1 Å². The summed E-state index contributed by atoms with van der Waals surface area (Å²) in [5, 5.41) is 3.43. The van der Waals surface area contributed by atoms with Gasteiger partial charge in [-0.15, -0.1) is 0 Å². The second-order valence-electron chi connectivity index (χ2n) is 4.83. The van der Waals surface area contributed by atoms with Crippen molar-refractivity contribution < 1.29 is 9.13 Å². The summed E-state index contributed by atoms with van der Waals surface area (Å²) < 4.78 is 19.5. The average molecular weight is 337 g/mol. The number of halogens is 2. The molecule has 1 aromatic heterocycles. The summed E-state index contributed by atoms with van der Waals surface area (Å²) in [5.41, 5.74) is 0.982. The maximum absolute atomic E-state index is 12.9. The summed E-state index contributed by atoms with van der Waals surface area (Å²) in [6.45, 7) is 0.716. The van der Waals surface area contributed by atoms with Crippen molar-refractivity contribution in [3.05, 3.63) is 52.4 Å². The Kier molecular flexibility index (Phi) is 3.98. The van der Waals surface area contributed by atoms with Gasteiger partial charge in [0.2, 0.25) is 5.88 Å². The number of hydrogen-bond acceptors (Lipinski definition) is 3. The van der Waals surface area contributed by atoms with Gasteiger partial charge in [-0.2, -0.15) is 0 Å². The van der Waals surface area contributed by atoms with E-state index in [0.29, 0.717) is 24.2 Å². The highest BCUT2D eigenvalue weighted by Gasteiger charge is 2.21. The molecule has 0 radical (unpaired) electrons. The lowest BCUT2D eigenvalue weighted by molar-refractivity contribution is 0.451. The molecule has 3 rings (SSSR count). The first-order valence-corrected chi connectivity index (χ1v) is 7.31. The van der Waals surface area contributed by atoms with E-state index >= 15 is 0 Å². The molecule has 1 aromatic carbocycles. The van der Waals surface area contributed by atoms with Crippen molar-refractivity contribution in [2.45, 2.75) is 25.4 Å². The average Bonchev–Trinajstić information content (AvgIpc) is 3.25. The van der Waals surface area contributed by atoms with Crippen molar-refractivity contribution in [2.24, 2.45) is 0 Å². The lowest BCUT2D eigenvalue weighted by atomic mass is 10.2. The third-order valence-corrected chi connectivity index (χ3v) is 3.51. The zero-order chi connectivity index (χ0) is 13.9. The monoisotopic (exact) mass is 336 g/mol. The second-order valence-corrected chi connectivity index (χ2v) is 5.74. The molecule has 0 atom stereocenters. The van der Waals surface area contributed by atoms with Crippen molar-refractivity contribution in [2.75, 3.05) is 0 Å². The van der Waals surface area contributed by atoms with Crippen LogP contribution in [0.15, 0.2) is 41.0 Å². The number of rotatable bonds is 5. The molecule has 2 aromatic rings. The fourth-order valence-corrected chi connectivity index (χ4v) is 2.22. The van der Waals surface area contributed by atoms with Gasteiger partial charge in [0.05, 0.1) is 0 Å². The Labute approximate surface area is 125 Å². The molecular formula is C15H14BrFN2O. The lowest BCUT2D eigenvalue weighted by Gasteiger charge is -2.11. The van der Waals surface area contributed by atoms with E-state index in [1.807, 2.05) is 6.07 Å². The molecule has 5 heteroatoms. The minimum absolute atomic E-state index is 0.281. The molecule has 1 saturated carbocycles. The first-order valence-electron chi connectivity index (χ1n) is 6.52. The molecule has 20 heavy (non-hydrogen) atoms. The Bertz CT molecular complexity index is 599. The number of hydrogen-bond donors (Lipinski definition) is 1. The van der Waals surface area contributed by atoms with Crippen molar-refractivity contribution in [3.8, 4) is 11.6 Å². The van der Waals surface area contributed by atoms with E-state index in [0.717, 1.165) is 10.0 Å². The van der Waals surface area contributed by atoms with Gasteiger partial charge in [0.1, 0.15) is 11.6 Å². The molecule has 0 bridgehead atoms. The highest BCUT2D eigenvalue weighted by atomic mass is 79.9. The van der Waals surface area contributed by atoms with E-state index in [-0.39, 0.29) is 5.82 Å². The van der Waals surface area contributed by atoms with Crippen molar-refractivity contribution in [1.29, 1.82) is 0 Å². The van der Waals surface area contributed by atoms with E-state index < -0.39 is 0 Å². The van der Waals surface area contributed by atoms with Gasteiger partial charge in [-0.1, -0.05) is 0 Å². The van der Waals surface area contributed by atoms with Crippen LogP contribution in [-0.4, -0.2) is 11.0 Å². The minimum atomic E-state index is -0.281. The molecule has 1 fully saturated rings. The molecule has 1 aliphatic rings. The largest absolute Gasteiger partial charge is 0.439 e. The molecule has 104 valence electrons. The molecule has 0 aliphatic heterocycles. The summed E-state index contributed by atoms with van der Waals surface area (Å²) in [4.78, 5) is 4.29. The number of benzene rings is 1. The van der Waals surface area contributed by atoms with E-state index in [9.17, 15) is 4.39 Å². The Balaban J connectivity index is 1.77. The number of pyridine rings is 1. The summed E-state index contributed by atoms with van der Waals surface area (Å²) in [6, 6.07) is 8.54. The van der Waals surface area contributed by atoms with E-state index in [2.05, 4.69) is 26.2 Å². The Morgan fingerprint density at radius 3 is 2.75 bits per heavy atom. The van der Waals surface area contributed by atoms with Gasteiger partial charge in [0, 0.05) is 28.8 Å². The van der Waals surface area contributed by atoms with Gasteiger partial charge in [-0.05, 0) is 59.1 Å². The first kappa shape index (κ1) is 13.5. The summed E-state index contributed by atoms with van der Waals surface area (Å²) in [5.74, 6) is 0.846. The van der Waals surface area contributed by atoms with Gasteiger partial charge in [0.15, 0.2) is 0 Å². The Morgan fingerprint density at radius 1 is 1.30 bits per heavy atom. The van der Waals surface area contributed by atoms with Gasteiger partial charge < -0.3 is 10.1 Å². The van der Waals surface area contributed by atoms with Crippen LogP contribution < -0.4 is 10.1 Å². The maximum atomic E-state index is 12.9. The van der Waals surface area contributed by atoms with Crippen LogP contribution in [0.3, 0.4) is 0 Å². The van der Waals surface area contributed by atoms with Gasteiger partial charge >= 0.3 is 0 Å². The maximum Gasteiger partial charge on any atom is 0.223 e. The Hall–Kier alpha value is -1.46. The molecule has 0 spiro atoms. The lowest BCUT2D eigenvalue weighted by Crippen LogP contribution is -2.16. The molecule has 1 aliphatic carbocycles. The molecule has 0 unspecified atom stereocenters. The predicted octanol–water partition coefficient (Wildman–Crippen LogP) is 4.03. The zero-order valence-electron chi connectivity index (χ0n) is 10.8. The van der Waals surface area contributed by atoms with Crippen LogP contribution in [0.4, 0.5) is 4.39 Å². The minimum Gasteiger partial charge on any atom is -0.439 e. The number of nitrogens with one attached hydrogen (secondary N) is 1. The molecule has 1 heterocycles. The van der Waals surface area contributed by atoms with Crippen LogP contribution in [0.2, 0.25) is 0 Å². The van der Waals surface area contributed by atoms with Crippen LogP contribution >= 0.6 is 15.9 Å². The van der Waals surface area contributed by atoms with Crippen LogP contribution in [-0.2, 0) is 6.54 Å². The quantitative estimate of drug-likeness (QED) is 0.895. The second kappa shape index (κ2) is 5.89. The van der Waals surface area contributed by atoms with Crippen LogP contribution in [0, 0.1) is 5.82 Å². The number of ether oxygens (including phenoxy) is 1. The number of nitrogens with zero attached hydrogens (tertiary/aromatic N) is 1. The molecule has 0 saturated heterocycles. The van der Waals surface area contributed by atoms with Crippen molar-refractivity contribution >= 4 is 15.9 Å². The summed E-state index contributed by atoms with van der Waals surface area (Å²) in [6.07, 6.45) is 4.16. The predicted molar refractivity (Wildman–Crippen MR) is 78.3 cm³/mol. The fraction of sp³-hybridized carbons (Fsp3) is 0.267. The third kappa shape index (κ3) is 3.55. The number of aromatic nitrogens is 1. The Morgan fingerprint density at radius 2 is 2.05 bits per heavy atom. The summed E-state index contributed by atoms with van der Waals surface area (Å²) in [7, 11) is 0. The summed E-state index contributed by atoms with van der Waals surface area (Å²) >= 11 is 3.42. The normalized spacial score (nSPS) is 14.3. The highest BCUT2D eigenvalue weighted by Crippen LogP contribution is 2.27. The van der Waals surface area contributed by atoms with E-state index in [1.165, 1.54) is 25.0 Å². The van der Waals surface area contributed by atoms with Gasteiger partial charge in [-0.3, -0.25) is 0 Å². The van der Waals surface area contributed by atoms with Gasteiger partial charge in [0.25, 0.3) is 0 Å². The standard InChI is InChI=1S/C15H14BrFN2O/c16-11-7-10(8-18-13-3-4-13)15(19-9-11)20-14-5-1-12(17)2-6-14/h1-2,5-7,9,13,18H,3-4,8H2. The first-order chi connectivity index (χ1) is 9.70.